The third-order valence-corrected chi connectivity index (χ3v) is 7.42. The van der Waals surface area contributed by atoms with Crippen molar-refractivity contribution in [2.75, 3.05) is 28.4 Å². The van der Waals surface area contributed by atoms with Crippen LogP contribution in [-0.4, -0.2) is 28.4 Å². The van der Waals surface area contributed by atoms with Gasteiger partial charge in [-0.1, -0.05) is 84.5 Å². The van der Waals surface area contributed by atoms with Crippen molar-refractivity contribution in [3.8, 4) is 23.0 Å². The lowest BCUT2D eigenvalue weighted by atomic mass is 9.92. The van der Waals surface area contributed by atoms with Crippen LogP contribution in [0.3, 0.4) is 0 Å². The van der Waals surface area contributed by atoms with Crippen molar-refractivity contribution >= 4 is 24.3 Å². The molecule has 0 amide bonds. The Morgan fingerprint density at radius 2 is 0.886 bits per heavy atom. The second kappa shape index (κ2) is 16.6. The maximum absolute atomic E-state index is 5.39. The number of hydrogen-bond donors (Lipinski definition) is 0. The second-order valence-electron chi connectivity index (χ2n) is 10.5. The van der Waals surface area contributed by atoms with Gasteiger partial charge < -0.3 is 18.9 Å². The molecule has 0 fully saturated rings. The molecule has 0 atom stereocenters. The van der Waals surface area contributed by atoms with E-state index in [-0.39, 0.29) is 0 Å². The maximum atomic E-state index is 5.39. The number of methoxy groups -OCH3 is 4. The predicted octanol–water partition coefficient (Wildman–Crippen LogP) is 10.2. The highest BCUT2D eigenvalue weighted by Gasteiger charge is 2.08. The summed E-state index contributed by atoms with van der Waals surface area (Å²) >= 11 is 0. The van der Waals surface area contributed by atoms with Crippen molar-refractivity contribution in [1.29, 1.82) is 0 Å². The van der Waals surface area contributed by atoms with Gasteiger partial charge >= 0.3 is 0 Å². The number of rotatable bonds is 14. The van der Waals surface area contributed by atoms with Gasteiger partial charge in [0.15, 0.2) is 0 Å². The molecule has 0 spiro atoms. The van der Waals surface area contributed by atoms with Gasteiger partial charge in [0.1, 0.15) is 23.0 Å². The molecule has 226 valence electrons. The molecule has 0 bridgehead atoms. The van der Waals surface area contributed by atoms with E-state index in [0.717, 1.165) is 64.5 Å². The van der Waals surface area contributed by atoms with Gasteiger partial charge in [-0.2, -0.15) is 0 Å². The molecule has 44 heavy (non-hydrogen) atoms. The molecule has 4 aromatic rings. The van der Waals surface area contributed by atoms with Gasteiger partial charge in [0.05, 0.1) is 28.4 Å². The van der Waals surface area contributed by atoms with Crippen LogP contribution in [0.5, 0.6) is 23.0 Å². The van der Waals surface area contributed by atoms with Crippen molar-refractivity contribution < 1.29 is 18.9 Å². The average molecular weight is 587 g/mol. The lowest BCUT2D eigenvalue weighted by Gasteiger charge is -2.14. The van der Waals surface area contributed by atoms with Gasteiger partial charge in [0.2, 0.25) is 0 Å². The largest absolute Gasteiger partial charge is 0.497 e. The second-order valence-corrected chi connectivity index (χ2v) is 10.5. The predicted molar refractivity (Wildman–Crippen MR) is 184 cm³/mol. The van der Waals surface area contributed by atoms with E-state index in [4.69, 9.17) is 18.9 Å². The zero-order chi connectivity index (χ0) is 31.1. The summed E-state index contributed by atoms with van der Waals surface area (Å²) in [6, 6.07) is 32.7. The molecule has 4 heteroatoms. The van der Waals surface area contributed by atoms with Crippen LogP contribution in [-0.2, 0) is 0 Å². The molecule has 0 aliphatic rings. The molecule has 4 aromatic carbocycles. The first-order valence-corrected chi connectivity index (χ1v) is 14.8. The minimum Gasteiger partial charge on any atom is -0.497 e. The van der Waals surface area contributed by atoms with E-state index in [9.17, 15) is 0 Å². The molecule has 0 unspecified atom stereocenters. The van der Waals surface area contributed by atoms with Crippen LogP contribution in [0.2, 0.25) is 0 Å². The highest BCUT2D eigenvalue weighted by Crippen LogP contribution is 2.29. The van der Waals surface area contributed by atoms with Crippen LogP contribution in [0.15, 0.2) is 120 Å². The molecule has 0 aliphatic heterocycles. The number of hydrogen-bond acceptors (Lipinski definition) is 4. The summed E-state index contributed by atoms with van der Waals surface area (Å²) < 4.78 is 21.4. The van der Waals surface area contributed by atoms with Crippen LogP contribution in [0.4, 0.5) is 0 Å². The summed E-state index contributed by atoms with van der Waals surface area (Å²) in [5.41, 5.74) is 8.38. The first kappa shape index (κ1) is 32.0. The highest BCUT2D eigenvalue weighted by molar-refractivity contribution is 5.68. The van der Waals surface area contributed by atoms with E-state index < -0.39 is 0 Å². The summed E-state index contributed by atoms with van der Waals surface area (Å²) in [5, 5.41) is 0. The first-order chi connectivity index (χ1) is 21.5. The fraction of sp³-hybridized carbons (Fsp3) is 0.200. The van der Waals surface area contributed by atoms with Gasteiger partial charge in [0, 0.05) is 0 Å². The zero-order valence-electron chi connectivity index (χ0n) is 26.4. The third kappa shape index (κ3) is 9.81. The van der Waals surface area contributed by atoms with Gasteiger partial charge in [-0.05, 0) is 108 Å². The van der Waals surface area contributed by atoms with Crippen LogP contribution in [0.1, 0.15) is 48.4 Å². The van der Waals surface area contributed by atoms with Crippen LogP contribution >= 0.6 is 0 Å². The van der Waals surface area contributed by atoms with Gasteiger partial charge in [-0.3, -0.25) is 0 Å². The molecule has 0 heterocycles. The Bertz CT molecular complexity index is 1570. The molecule has 0 aromatic heterocycles. The molecule has 4 nitrogen and oxygen atoms in total. The van der Waals surface area contributed by atoms with E-state index in [1.807, 2.05) is 48.5 Å². The minimum atomic E-state index is 0.812. The standard InChI is InChI=1S/C40H42O4/c1-30(26-32-12-20-38(42-3)21-13-32)36(28-34-16-24-40(44-5)25-17-34)29-35(27-33-14-22-39(43-4)23-15-33)9-7-6-8-31-10-18-37(41-2)19-11-31/h6,8,10-28H,7,9,29H2,1-5H3/b8-6+,30-26+,35-27+,36-28-. The lowest BCUT2D eigenvalue weighted by Crippen LogP contribution is -1.93. The lowest BCUT2D eigenvalue weighted by molar-refractivity contribution is 0.414. The van der Waals surface area contributed by atoms with Crippen molar-refractivity contribution in [1.82, 2.24) is 0 Å². The van der Waals surface area contributed by atoms with Crippen molar-refractivity contribution in [2.24, 2.45) is 0 Å². The van der Waals surface area contributed by atoms with E-state index in [0.29, 0.717) is 0 Å². The number of benzene rings is 4. The SMILES string of the molecule is COc1ccc(/C=C(C/C(=C/c2ccc(OC)cc2)CC/C=C/c2ccc(OC)cc2)\C(C)=C\c2ccc(OC)cc2)cc1. The highest BCUT2D eigenvalue weighted by atomic mass is 16.5. The van der Waals surface area contributed by atoms with Gasteiger partial charge in [-0.15, -0.1) is 0 Å². The normalized spacial score (nSPS) is 12.3. The van der Waals surface area contributed by atoms with Crippen molar-refractivity contribution in [2.45, 2.75) is 26.2 Å². The molecule has 0 saturated heterocycles. The van der Waals surface area contributed by atoms with E-state index in [1.165, 1.54) is 16.7 Å². The number of allylic oxidation sites excluding steroid dienone is 4. The molecular formula is C40H42O4. The minimum absolute atomic E-state index is 0.812. The van der Waals surface area contributed by atoms with Crippen LogP contribution < -0.4 is 18.9 Å². The average Bonchev–Trinajstić information content (AvgIpc) is 3.07. The van der Waals surface area contributed by atoms with Crippen molar-refractivity contribution in [3.63, 3.8) is 0 Å². The van der Waals surface area contributed by atoms with Gasteiger partial charge in [0.25, 0.3) is 0 Å². The molecule has 0 N–H and O–H groups in total. The molecule has 4 rings (SSSR count). The Labute approximate surface area is 262 Å². The Morgan fingerprint density at radius 3 is 1.32 bits per heavy atom. The quantitative estimate of drug-likeness (QED) is 0.138. The summed E-state index contributed by atoms with van der Waals surface area (Å²) in [6.07, 6.45) is 13.9. The summed E-state index contributed by atoms with van der Waals surface area (Å²) in [7, 11) is 6.76. The summed E-state index contributed by atoms with van der Waals surface area (Å²) in [5.74, 6) is 3.41. The van der Waals surface area contributed by atoms with Crippen LogP contribution in [0, 0.1) is 0 Å². The van der Waals surface area contributed by atoms with Crippen molar-refractivity contribution in [3.05, 3.63) is 142 Å². The Balaban J connectivity index is 1.65. The molecule has 0 saturated carbocycles. The maximum Gasteiger partial charge on any atom is 0.118 e. The Morgan fingerprint density at radius 1 is 0.500 bits per heavy atom. The number of ether oxygens (including phenoxy) is 4. The fourth-order valence-electron chi connectivity index (χ4n) is 4.84. The van der Waals surface area contributed by atoms with Gasteiger partial charge in [-0.25, -0.2) is 0 Å². The zero-order valence-corrected chi connectivity index (χ0v) is 26.4. The van der Waals surface area contributed by atoms with E-state index >= 15 is 0 Å². The smallest absolute Gasteiger partial charge is 0.118 e. The van der Waals surface area contributed by atoms with E-state index in [1.54, 1.807) is 28.4 Å². The third-order valence-electron chi connectivity index (χ3n) is 7.42. The molecular weight excluding hydrogens is 544 g/mol. The topological polar surface area (TPSA) is 36.9 Å². The first-order valence-electron chi connectivity index (χ1n) is 14.8. The summed E-state index contributed by atoms with van der Waals surface area (Å²) in [6.45, 7) is 2.19. The molecule has 0 radical (unpaired) electrons. The Kier molecular flexibility index (Phi) is 12.1. The van der Waals surface area contributed by atoms with Crippen LogP contribution in [0.25, 0.3) is 24.3 Å². The molecule has 0 aliphatic carbocycles. The fourth-order valence-corrected chi connectivity index (χ4v) is 4.84. The monoisotopic (exact) mass is 586 g/mol. The Hall–Kier alpha value is -4.96. The van der Waals surface area contributed by atoms with E-state index in [2.05, 4.69) is 85.8 Å². The summed E-state index contributed by atoms with van der Waals surface area (Å²) in [4.78, 5) is 0.